The zero-order valence-electron chi connectivity index (χ0n) is 24.0. The highest BCUT2D eigenvalue weighted by molar-refractivity contribution is 6.00. The first-order chi connectivity index (χ1) is 19.1. The summed E-state index contributed by atoms with van der Waals surface area (Å²) in [5.41, 5.74) is 3.20. The maximum Gasteiger partial charge on any atom is 0.232 e. The summed E-state index contributed by atoms with van der Waals surface area (Å²) in [5.74, 6) is 1.58. The van der Waals surface area contributed by atoms with Crippen molar-refractivity contribution < 1.29 is 24.2 Å². The van der Waals surface area contributed by atoms with Crippen molar-refractivity contribution in [2.24, 2.45) is 0 Å². The zero-order valence-corrected chi connectivity index (χ0v) is 24.0. The van der Waals surface area contributed by atoms with Crippen molar-refractivity contribution in [3.63, 3.8) is 0 Å². The van der Waals surface area contributed by atoms with E-state index in [-0.39, 0.29) is 35.7 Å². The van der Waals surface area contributed by atoms with E-state index < -0.39 is 11.6 Å². The summed E-state index contributed by atoms with van der Waals surface area (Å²) >= 11 is 0. The minimum Gasteiger partial charge on any atom is -0.493 e. The van der Waals surface area contributed by atoms with Gasteiger partial charge in [-0.25, -0.2) is 0 Å². The molecule has 0 aromatic heterocycles. The van der Waals surface area contributed by atoms with Gasteiger partial charge in [0.05, 0.1) is 25.2 Å². The van der Waals surface area contributed by atoms with Crippen LogP contribution in [0.25, 0.3) is 0 Å². The van der Waals surface area contributed by atoms with Gasteiger partial charge >= 0.3 is 0 Å². The van der Waals surface area contributed by atoms with E-state index in [1.165, 1.54) is 12.5 Å². The van der Waals surface area contributed by atoms with Crippen LogP contribution in [-0.4, -0.2) is 52.0 Å². The number of nitrogens with one attached hydrogen (secondary N) is 2. The molecule has 3 N–H and O–H groups in total. The summed E-state index contributed by atoms with van der Waals surface area (Å²) in [6.07, 6.45) is 4.51. The number of hydrogen-bond acceptors (Lipinski definition) is 6. The number of ketones is 1. The minimum atomic E-state index is -0.511. The van der Waals surface area contributed by atoms with E-state index in [0.717, 1.165) is 49.0 Å². The number of carbonyl (C=O) groups is 2. The van der Waals surface area contributed by atoms with Gasteiger partial charge < -0.3 is 19.9 Å². The monoisotopic (exact) mass is 547 g/mol. The third kappa shape index (κ3) is 5.33. The van der Waals surface area contributed by atoms with Gasteiger partial charge in [-0.15, -0.1) is 0 Å². The Hall–Kier alpha value is -3.39. The van der Waals surface area contributed by atoms with Gasteiger partial charge in [0.2, 0.25) is 5.91 Å². The Kier molecular flexibility index (Phi) is 7.91. The van der Waals surface area contributed by atoms with Gasteiger partial charge in [-0.1, -0.05) is 32.4 Å². The number of amides is 1. The summed E-state index contributed by atoms with van der Waals surface area (Å²) in [6.45, 7) is 8.00. The Balaban J connectivity index is 1.22. The molecule has 2 aromatic carbocycles. The molecule has 3 unspecified atom stereocenters. The van der Waals surface area contributed by atoms with Gasteiger partial charge in [0.25, 0.3) is 0 Å². The molecule has 3 heterocycles. The van der Waals surface area contributed by atoms with Crippen LogP contribution >= 0.6 is 0 Å². The van der Waals surface area contributed by atoms with Crippen LogP contribution in [0.4, 0.5) is 0 Å². The third-order valence-electron chi connectivity index (χ3n) is 9.04. The number of ether oxygens (including phenoxy) is 2. The first kappa shape index (κ1) is 28.1. The van der Waals surface area contributed by atoms with Crippen molar-refractivity contribution in [3.8, 4) is 11.5 Å². The molecule has 0 saturated carbocycles. The molecule has 8 heteroatoms. The Morgan fingerprint density at radius 3 is 2.65 bits per heavy atom. The number of carbonyl (C=O) groups excluding carboxylic acids is 2. The van der Waals surface area contributed by atoms with Crippen LogP contribution in [0.15, 0.2) is 36.4 Å². The highest BCUT2D eigenvalue weighted by Crippen LogP contribution is 2.40. The number of aliphatic hydroxyl groups is 1. The van der Waals surface area contributed by atoms with Crippen LogP contribution in [-0.2, 0) is 11.2 Å². The van der Waals surface area contributed by atoms with E-state index in [2.05, 4.69) is 24.4 Å². The van der Waals surface area contributed by atoms with E-state index in [9.17, 15) is 14.7 Å². The van der Waals surface area contributed by atoms with Gasteiger partial charge in [0, 0.05) is 29.0 Å². The molecule has 0 aliphatic carbocycles. The largest absolute Gasteiger partial charge is 0.493 e. The number of nitrogens with zero attached hydrogens (tertiary/aromatic N) is 1. The van der Waals surface area contributed by atoms with Gasteiger partial charge in [-0.05, 0) is 74.9 Å². The molecule has 0 bridgehead atoms. The van der Waals surface area contributed by atoms with Crippen LogP contribution in [0.5, 0.6) is 11.5 Å². The number of aliphatic hydroxyl groups excluding tert-OH is 1. The fourth-order valence-corrected chi connectivity index (χ4v) is 6.46. The maximum atomic E-state index is 13.6. The summed E-state index contributed by atoms with van der Waals surface area (Å²) in [4.78, 5) is 27.1. The molecule has 1 fully saturated rings. The standard InChI is InChI=1S/C32H41N3O5/c1-5-32(14-7-6-8-22-9-11-28-24(16-22)19(2)30(38)21(4)40-28)18-29(37)35(31(33)34-32)26-13-15-39-27-12-10-23(20(3)36)17-25(26)27/h9-12,16-17,19,21,26,30,38H,5-8,13-15,18H2,1-4H3,(H2,33,34)/t19?,21?,26-,30?,32-/m1/s1. The van der Waals surface area contributed by atoms with E-state index in [4.69, 9.17) is 14.9 Å². The Bertz CT molecular complexity index is 1290. The molecule has 3 aliphatic rings. The normalized spacial score (nSPS) is 27.7. The fourth-order valence-electron chi connectivity index (χ4n) is 6.46. The van der Waals surface area contributed by atoms with Crippen LogP contribution in [0.2, 0.25) is 0 Å². The number of guanidine groups is 1. The van der Waals surface area contributed by atoms with E-state index >= 15 is 0 Å². The molecule has 2 aromatic rings. The van der Waals surface area contributed by atoms with Gasteiger partial charge in [-0.2, -0.15) is 0 Å². The lowest BCUT2D eigenvalue weighted by atomic mass is 9.83. The highest BCUT2D eigenvalue weighted by atomic mass is 16.5. The predicted molar refractivity (Wildman–Crippen MR) is 153 cm³/mol. The van der Waals surface area contributed by atoms with Crippen molar-refractivity contribution >= 4 is 17.6 Å². The van der Waals surface area contributed by atoms with E-state index in [1.54, 1.807) is 23.1 Å². The molecular formula is C32H41N3O5. The van der Waals surface area contributed by atoms with Gasteiger partial charge in [-0.3, -0.25) is 19.9 Å². The Labute approximate surface area is 236 Å². The number of aryl methyl sites for hydroxylation is 1. The second-order valence-corrected chi connectivity index (χ2v) is 11.7. The minimum absolute atomic E-state index is 0.0326. The fraction of sp³-hybridized carbons (Fsp3) is 0.531. The number of rotatable bonds is 8. The quantitative estimate of drug-likeness (QED) is 0.306. The summed E-state index contributed by atoms with van der Waals surface area (Å²) < 4.78 is 11.7. The SMILES string of the molecule is CC[C@@]1(CCCCc2ccc3c(c2)C(C)C(O)C(C)O3)CC(=O)N([C@@H]2CCOc3ccc(C(C)=O)cc32)C(=N)N1. The van der Waals surface area contributed by atoms with Crippen LogP contribution < -0.4 is 14.8 Å². The van der Waals surface area contributed by atoms with Crippen LogP contribution in [0, 0.1) is 5.41 Å². The number of hydrogen-bond donors (Lipinski definition) is 3. The smallest absolute Gasteiger partial charge is 0.232 e. The van der Waals surface area contributed by atoms with Crippen LogP contribution in [0.3, 0.4) is 0 Å². The highest BCUT2D eigenvalue weighted by Gasteiger charge is 2.44. The first-order valence-corrected chi connectivity index (χ1v) is 14.6. The lowest BCUT2D eigenvalue weighted by Crippen LogP contribution is -2.63. The van der Waals surface area contributed by atoms with Crippen LogP contribution in [0.1, 0.15) is 105 Å². The Morgan fingerprint density at radius 2 is 1.93 bits per heavy atom. The lowest BCUT2D eigenvalue weighted by Gasteiger charge is -2.46. The van der Waals surface area contributed by atoms with Crippen molar-refractivity contribution in [2.75, 3.05) is 6.61 Å². The van der Waals surface area contributed by atoms with Crippen molar-refractivity contribution in [1.29, 1.82) is 5.41 Å². The molecular weight excluding hydrogens is 506 g/mol. The molecule has 214 valence electrons. The number of benzene rings is 2. The topological polar surface area (TPSA) is 112 Å². The van der Waals surface area contributed by atoms with E-state index in [1.807, 2.05) is 19.9 Å². The number of Topliss-reactive ketones (excluding diaryl/α,β-unsaturated/α-hetero) is 1. The summed E-state index contributed by atoms with van der Waals surface area (Å²) in [6, 6.07) is 11.3. The molecule has 5 atom stereocenters. The van der Waals surface area contributed by atoms with Crippen molar-refractivity contribution in [1.82, 2.24) is 10.2 Å². The molecule has 0 radical (unpaired) electrons. The summed E-state index contributed by atoms with van der Waals surface area (Å²) in [5, 5.41) is 22.7. The first-order valence-electron chi connectivity index (χ1n) is 14.6. The van der Waals surface area contributed by atoms with E-state index in [0.29, 0.717) is 30.8 Å². The maximum absolute atomic E-state index is 13.6. The molecule has 0 spiro atoms. The zero-order chi connectivity index (χ0) is 28.6. The molecule has 1 amide bonds. The average molecular weight is 548 g/mol. The predicted octanol–water partition coefficient (Wildman–Crippen LogP) is 5.28. The van der Waals surface area contributed by atoms with Crippen molar-refractivity contribution in [3.05, 3.63) is 58.7 Å². The second-order valence-electron chi connectivity index (χ2n) is 11.7. The third-order valence-corrected chi connectivity index (χ3v) is 9.04. The van der Waals surface area contributed by atoms with Crippen molar-refractivity contribution in [2.45, 2.75) is 102 Å². The molecule has 3 aliphatic heterocycles. The van der Waals surface area contributed by atoms with Gasteiger partial charge in [0.15, 0.2) is 11.7 Å². The van der Waals surface area contributed by atoms with Gasteiger partial charge in [0.1, 0.15) is 17.6 Å². The second kappa shape index (κ2) is 11.2. The summed E-state index contributed by atoms with van der Waals surface area (Å²) in [7, 11) is 0. The Morgan fingerprint density at radius 1 is 1.15 bits per heavy atom. The average Bonchev–Trinajstić information content (AvgIpc) is 2.94. The molecule has 40 heavy (non-hydrogen) atoms. The molecule has 1 saturated heterocycles. The molecule has 5 rings (SSSR count). The number of unbranched alkanes of at least 4 members (excludes halogenated alkanes) is 1. The lowest BCUT2D eigenvalue weighted by molar-refractivity contribution is -0.133. The number of fused-ring (bicyclic) bond motifs is 2. The molecule has 8 nitrogen and oxygen atoms in total.